The molecule has 1 aromatic carbocycles. The predicted molar refractivity (Wildman–Crippen MR) is 134 cm³/mol. The molecule has 1 aliphatic heterocycles. The van der Waals surface area contributed by atoms with Gasteiger partial charge < -0.3 is 15.2 Å². The fraction of sp³-hybridized carbons (Fsp3) is 0.375. The molecule has 4 heterocycles. The van der Waals surface area contributed by atoms with Crippen LogP contribution in [0.2, 0.25) is 5.02 Å². The minimum absolute atomic E-state index is 0.227. The fourth-order valence-corrected chi connectivity index (χ4v) is 4.62. The molecule has 0 amide bonds. The smallest absolute Gasteiger partial charge is 0.229 e. The first-order valence-electron chi connectivity index (χ1n) is 11.7. The molecule has 5 rings (SSSR count). The van der Waals surface area contributed by atoms with Crippen LogP contribution in [0.4, 0.5) is 27.7 Å². The molecule has 1 aliphatic rings. The molecule has 1 fully saturated rings. The highest BCUT2D eigenvalue weighted by Crippen LogP contribution is 2.34. The van der Waals surface area contributed by atoms with E-state index in [0.717, 1.165) is 42.8 Å². The largest absolute Gasteiger partial charge is 0.340 e. The summed E-state index contributed by atoms with van der Waals surface area (Å²) in [6.07, 6.45) is 3.33. The molecule has 3 N–H and O–H groups in total. The lowest BCUT2D eigenvalue weighted by Crippen LogP contribution is -2.33. The maximum atomic E-state index is 15.2. The van der Waals surface area contributed by atoms with Gasteiger partial charge in [-0.25, -0.2) is 9.37 Å². The number of piperidine rings is 1. The van der Waals surface area contributed by atoms with Crippen molar-refractivity contribution in [3.63, 3.8) is 0 Å². The summed E-state index contributed by atoms with van der Waals surface area (Å²) in [5.41, 5.74) is 3.25. The van der Waals surface area contributed by atoms with Gasteiger partial charge in [-0.2, -0.15) is 15.1 Å². The zero-order valence-electron chi connectivity index (χ0n) is 20.3. The summed E-state index contributed by atoms with van der Waals surface area (Å²) in [7, 11) is 0. The Balaban J connectivity index is 1.25. The molecule has 0 atom stereocenters. The van der Waals surface area contributed by atoms with Crippen LogP contribution in [0.5, 0.6) is 0 Å². The summed E-state index contributed by atoms with van der Waals surface area (Å²) in [6.45, 7) is 8.13. The lowest BCUT2D eigenvalue weighted by Gasteiger charge is -2.32. The summed E-state index contributed by atoms with van der Waals surface area (Å²) >= 11 is 6.23. The second-order valence-electron chi connectivity index (χ2n) is 9.05. The van der Waals surface area contributed by atoms with E-state index in [1.807, 2.05) is 19.9 Å². The number of halogens is 2. The van der Waals surface area contributed by atoms with Crippen molar-refractivity contribution in [2.45, 2.75) is 46.1 Å². The average Bonchev–Trinajstić information content (AvgIpc) is 3.46. The standard InChI is InChI=1S/C24H27ClFN9O/c1-13-8-20(29-24-27-11-18(25)23(31-24)30-21-9-14(2)32-33-21)19(26)10-17(13)16-4-6-35(7-5-16)12-22-28-15(3)36-34-22/h8-11,16H,4-7,12H2,1-3H3,(H3,27,29,30,31,32,33). The lowest BCUT2D eigenvalue weighted by atomic mass is 9.86. The number of H-pyrrole nitrogens is 1. The van der Waals surface area contributed by atoms with Gasteiger partial charge in [0.15, 0.2) is 17.5 Å². The molecule has 0 saturated carbocycles. The number of benzene rings is 1. The molecule has 0 spiro atoms. The van der Waals surface area contributed by atoms with Crippen LogP contribution in [0, 0.1) is 26.6 Å². The average molecular weight is 512 g/mol. The number of aromatic nitrogens is 6. The van der Waals surface area contributed by atoms with Gasteiger partial charge in [0.1, 0.15) is 10.8 Å². The SMILES string of the molecule is Cc1cc(Nc2nc(Nc3cc(C)c(C4CCN(Cc5noc(C)n5)CC4)cc3F)ncc2Cl)n[nH]1. The highest BCUT2D eigenvalue weighted by Gasteiger charge is 2.24. The van der Waals surface area contributed by atoms with E-state index in [2.05, 4.69) is 45.8 Å². The van der Waals surface area contributed by atoms with Gasteiger partial charge in [0, 0.05) is 18.7 Å². The number of anilines is 4. The van der Waals surface area contributed by atoms with Crippen molar-refractivity contribution in [3.05, 3.63) is 63.8 Å². The monoisotopic (exact) mass is 511 g/mol. The molecule has 12 heteroatoms. The number of hydrogen-bond donors (Lipinski definition) is 3. The van der Waals surface area contributed by atoms with Crippen molar-refractivity contribution >= 4 is 34.9 Å². The van der Waals surface area contributed by atoms with Crippen LogP contribution in [0.3, 0.4) is 0 Å². The topological polar surface area (TPSA) is 121 Å². The molecule has 10 nitrogen and oxygen atoms in total. The Hall–Kier alpha value is -3.57. The Morgan fingerprint density at radius 3 is 2.64 bits per heavy atom. The lowest BCUT2D eigenvalue weighted by molar-refractivity contribution is 0.197. The van der Waals surface area contributed by atoms with Gasteiger partial charge in [0.25, 0.3) is 0 Å². The third-order valence-corrected chi connectivity index (χ3v) is 6.54. The summed E-state index contributed by atoms with van der Waals surface area (Å²) in [5, 5.41) is 17.3. The Kier molecular flexibility index (Phi) is 6.84. The van der Waals surface area contributed by atoms with E-state index in [4.69, 9.17) is 16.1 Å². The summed E-state index contributed by atoms with van der Waals surface area (Å²) in [6, 6.07) is 5.26. The first-order chi connectivity index (χ1) is 17.3. The molecule has 0 unspecified atom stereocenters. The zero-order chi connectivity index (χ0) is 25.2. The molecule has 4 aromatic rings. The van der Waals surface area contributed by atoms with Crippen LogP contribution < -0.4 is 10.6 Å². The van der Waals surface area contributed by atoms with Crippen LogP contribution in [0.15, 0.2) is 28.9 Å². The normalized spacial score (nSPS) is 14.8. The van der Waals surface area contributed by atoms with Gasteiger partial charge >= 0.3 is 0 Å². The number of hydrogen-bond acceptors (Lipinski definition) is 9. The molecule has 36 heavy (non-hydrogen) atoms. The van der Waals surface area contributed by atoms with Gasteiger partial charge in [-0.1, -0.05) is 16.8 Å². The van der Waals surface area contributed by atoms with E-state index in [0.29, 0.717) is 40.6 Å². The van der Waals surface area contributed by atoms with Gasteiger partial charge in [0.2, 0.25) is 11.8 Å². The van der Waals surface area contributed by atoms with E-state index >= 15 is 4.39 Å². The van der Waals surface area contributed by atoms with Crippen LogP contribution in [0.1, 0.15) is 47.3 Å². The third-order valence-electron chi connectivity index (χ3n) is 6.26. The summed E-state index contributed by atoms with van der Waals surface area (Å²) in [4.78, 5) is 15.2. The van der Waals surface area contributed by atoms with Crippen LogP contribution in [-0.4, -0.2) is 48.3 Å². The molecule has 0 radical (unpaired) electrons. The molecule has 188 valence electrons. The van der Waals surface area contributed by atoms with Gasteiger partial charge in [-0.15, -0.1) is 0 Å². The number of rotatable bonds is 7. The highest BCUT2D eigenvalue weighted by molar-refractivity contribution is 6.32. The summed E-state index contributed by atoms with van der Waals surface area (Å²) < 4.78 is 20.2. The van der Waals surface area contributed by atoms with Gasteiger partial charge in [-0.3, -0.25) is 10.00 Å². The maximum absolute atomic E-state index is 15.2. The van der Waals surface area contributed by atoms with E-state index in [9.17, 15) is 0 Å². The van der Waals surface area contributed by atoms with E-state index in [-0.39, 0.29) is 17.7 Å². The molecule has 3 aromatic heterocycles. The fourth-order valence-electron chi connectivity index (χ4n) is 4.48. The predicted octanol–water partition coefficient (Wildman–Crippen LogP) is 5.17. The highest BCUT2D eigenvalue weighted by atomic mass is 35.5. The number of nitrogens with one attached hydrogen (secondary N) is 3. The molecule has 1 saturated heterocycles. The van der Waals surface area contributed by atoms with Gasteiger partial charge in [0.05, 0.1) is 18.4 Å². The number of aromatic amines is 1. The van der Waals surface area contributed by atoms with E-state index < -0.39 is 0 Å². The molecule has 0 aliphatic carbocycles. The van der Waals surface area contributed by atoms with Crippen molar-refractivity contribution in [1.82, 2.24) is 35.2 Å². The molecular weight excluding hydrogens is 485 g/mol. The first kappa shape index (κ1) is 24.1. The van der Waals surface area contributed by atoms with E-state index in [1.54, 1.807) is 19.1 Å². The molecule has 0 bridgehead atoms. The van der Waals surface area contributed by atoms with Gasteiger partial charge in [-0.05, 0) is 69.0 Å². The van der Waals surface area contributed by atoms with Crippen molar-refractivity contribution in [3.8, 4) is 0 Å². The van der Waals surface area contributed by atoms with Crippen molar-refractivity contribution in [2.24, 2.45) is 0 Å². The Morgan fingerprint density at radius 2 is 1.94 bits per heavy atom. The van der Waals surface area contributed by atoms with Crippen molar-refractivity contribution in [2.75, 3.05) is 23.7 Å². The van der Waals surface area contributed by atoms with Crippen molar-refractivity contribution < 1.29 is 8.91 Å². The van der Waals surface area contributed by atoms with E-state index in [1.165, 1.54) is 6.20 Å². The Morgan fingerprint density at radius 1 is 1.14 bits per heavy atom. The first-order valence-corrected chi connectivity index (χ1v) is 12.1. The summed E-state index contributed by atoms with van der Waals surface area (Å²) in [5.74, 6) is 2.38. The van der Waals surface area contributed by atoms with Crippen LogP contribution in [0.25, 0.3) is 0 Å². The second kappa shape index (κ2) is 10.2. The third kappa shape index (κ3) is 5.47. The number of nitrogens with zero attached hydrogens (tertiary/aromatic N) is 6. The molecular formula is C24H27ClFN9O. The quantitative estimate of drug-likeness (QED) is 0.308. The van der Waals surface area contributed by atoms with Crippen LogP contribution >= 0.6 is 11.6 Å². The minimum Gasteiger partial charge on any atom is -0.340 e. The number of likely N-dealkylation sites (tertiary alicyclic amines) is 1. The zero-order valence-corrected chi connectivity index (χ0v) is 21.0. The Labute approximate surface area is 212 Å². The second-order valence-corrected chi connectivity index (χ2v) is 9.45. The Bertz CT molecular complexity index is 1360. The maximum Gasteiger partial charge on any atom is 0.229 e. The van der Waals surface area contributed by atoms with Crippen LogP contribution in [-0.2, 0) is 6.54 Å². The minimum atomic E-state index is -0.351. The van der Waals surface area contributed by atoms with Crippen molar-refractivity contribution in [1.29, 1.82) is 0 Å². The number of aryl methyl sites for hydroxylation is 3.